The topological polar surface area (TPSA) is 510 Å². The molecule has 36 heteroatoms. The summed E-state index contributed by atoms with van der Waals surface area (Å²) in [6.45, 7) is -2.51. The maximum Gasteiger partial charge on any atom is 0.340 e. The third-order valence-electron chi connectivity index (χ3n) is 18.0. The molecular weight excluding hydrogens is 1340 g/mol. The van der Waals surface area contributed by atoms with E-state index in [2.05, 4.69) is 47.9 Å². The van der Waals surface area contributed by atoms with E-state index in [1.54, 1.807) is 37.3 Å². The van der Waals surface area contributed by atoms with Gasteiger partial charge in [0.15, 0.2) is 24.7 Å². The minimum Gasteiger partial charge on any atom is -0.458 e. The van der Waals surface area contributed by atoms with Gasteiger partial charge >= 0.3 is 5.97 Å². The number of fused-ring (bicyclic) bond motifs is 5. The number of ether oxygens (including phenoxy) is 4. The Morgan fingerprint density at radius 2 is 1.38 bits per heavy atom. The molecule has 0 bridgehead atoms. The van der Waals surface area contributed by atoms with Gasteiger partial charge in [-0.2, -0.15) is 0 Å². The second kappa shape index (κ2) is 32.5. The molecule has 2 saturated heterocycles. The van der Waals surface area contributed by atoms with Gasteiger partial charge in [-0.25, -0.2) is 14.2 Å². The van der Waals surface area contributed by atoms with Crippen molar-refractivity contribution in [1.29, 1.82) is 0 Å². The van der Waals surface area contributed by atoms with Gasteiger partial charge in [0.2, 0.25) is 47.3 Å². The van der Waals surface area contributed by atoms with Gasteiger partial charge in [0.25, 0.3) is 23.3 Å². The van der Waals surface area contributed by atoms with Gasteiger partial charge in [0, 0.05) is 60.5 Å². The van der Waals surface area contributed by atoms with Crippen LogP contribution in [0.3, 0.4) is 0 Å². The van der Waals surface area contributed by atoms with Crippen molar-refractivity contribution in [1.82, 2.24) is 62.3 Å². The van der Waals surface area contributed by atoms with Gasteiger partial charge in [-0.05, 0) is 67.3 Å². The van der Waals surface area contributed by atoms with Crippen LogP contribution in [0.2, 0.25) is 0 Å². The fourth-order valence-electron chi connectivity index (χ4n) is 12.6. The maximum absolute atomic E-state index is 15.4. The highest BCUT2D eigenvalue weighted by molar-refractivity contribution is 6.13. The standard InChI is InChI=1S/C65H75FN12O23/c1-29-31-11-12-36(51-33-24-78-40(52(33)74-38(50(31)51)20-35(29)66)19-32-34(64(78)96)26-99-65(97)53(32)88)71-47(85)27-98-28-70-45(83)22-69-60(94)39(18-30-8-4-2-5-9-30)73-46(84)23-67-44(82)21-68-59(93)37(72-42(80)10-6-3-7-17-77-48(86)15-16-49(77)87)13-14-43(81)75-62-57(92)55(90)58(101-62)61(95)76-63-56(91)54(89)41(25-79)100-63/h2,4-5,8-9,15-16,19-20,36-37,39,41,53-58,62-63,79,88-92H,3,6-7,10-14,17-18,21-28H2,1H3,(H,67,82)(H,68,93)(H,69,94)(H,70,83)(H,71,85)(H,72,80)(H,73,84)(H,75,81)(H,76,95)/t36-,37-,39-,41+,53-,54+,55-,56+,57+,58?,62?,63?/m0/s1. The molecule has 10 rings (SSSR count). The number of aryl methyl sites for hydroxylation is 1. The minimum absolute atomic E-state index is 0.0129. The van der Waals surface area contributed by atoms with Gasteiger partial charge < -0.3 is 102 Å². The Morgan fingerprint density at radius 1 is 0.703 bits per heavy atom. The number of aromatic nitrogens is 2. The largest absolute Gasteiger partial charge is 0.458 e. The van der Waals surface area contributed by atoms with Crippen LogP contribution in [0.4, 0.5) is 4.39 Å². The Kier molecular flexibility index (Phi) is 23.7. The number of nitrogens with zero attached hydrogens (tertiary/aromatic N) is 3. The highest BCUT2D eigenvalue weighted by atomic mass is 19.1. The fraction of sp³-hybridized carbons (Fsp3) is 0.477. The number of hydrogen-bond donors (Lipinski definition) is 15. The number of unbranched alkanes of at least 4 members (excludes halogenated alkanes) is 2. The number of pyridine rings is 2. The van der Waals surface area contributed by atoms with Crippen LogP contribution in [0.1, 0.15) is 96.0 Å². The molecule has 4 aromatic rings. The third kappa shape index (κ3) is 17.1. The predicted octanol–water partition coefficient (Wildman–Crippen LogP) is -5.90. The number of carbonyl (C=O) groups excluding carboxylic acids is 12. The maximum atomic E-state index is 15.4. The van der Waals surface area contributed by atoms with E-state index in [4.69, 9.17) is 23.9 Å². The molecule has 15 N–H and O–H groups in total. The number of hydrogen-bond acceptors (Lipinski definition) is 24. The van der Waals surface area contributed by atoms with Gasteiger partial charge in [0.1, 0.15) is 68.4 Å². The highest BCUT2D eigenvalue weighted by Gasteiger charge is 2.50. The van der Waals surface area contributed by atoms with E-state index in [0.717, 1.165) is 17.1 Å². The summed E-state index contributed by atoms with van der Waals surface area (Å²) < 4.78 is 37.9. The zero-order valence-electron chi connectivity index (χ0n) is 54.2. The lowest BCUT2D eigenvalue weighted by atomic mass is 9.81. The molecule has 5 aliphatic heterocycles. The van der Waals surface area contributed by atoms with Crippen molar-refractivity contribution in [2.75, 3.05) is 46.1 Å². The number of rotatable bonds is 30. The van der Waals surface area contributed by atoms with E-state index < -0.39 is 208 Å². The Bertz CT molecular complexity index is 4030. The van der Waals surface area contributed by atoms with Crippen LogP contribution in [-0.4, -0.2) is 223 Å². The molecule has 12 atom stereocenters. The second-order valence-electron chi connectivity index (χ2n) is 24.8. The van der Waals surface area contributed by atoms with Crippen molar-refractivity contribution in [2.45, 2.75) is 151 Å². The molecule has 1 aliphatic carbocycles. The quantitative estimate of drug-likeness (QED) is 0.00881. The molecule has 2 aromatic heterocycles. The van der Waals surface area contributed by atoms with E-state index in [1.165, 1.54) is 16.7 Å². The lowest BCUT2D eigenvalue weighted by molar-refractivity contribution is -0.157. The first kappa shape index (κ1) is 73.7. The molecule has 2 aromatic carbocycles. The van der Waals surface area contributed by atoms with Crippen molar-refractivity contribution >= 4 is 81.9 Å². The van der Waals surface area contributed by atoms with E-state index in [9.17, 15) is 93.0 Å². The molecule has 540 valence electrons. The molecule has 0 spiro atoms. The summed E-state index contributed by atoms with van der Waals surface area (Å²) >= 11 is 0. The third-order valence-corrected chi connectivity index (χ3v) is 18.0. The van der Waals surface area contributed by atoms with Gasteiger partial charge in [-0.3, -0.25) is 62.4 Å². The van der Waals surface area contributed by atoms with Crippen molar-refractivity contribution in [3.8, 4) is 11.4 Å². The minimum atomic E-state index is -1.94. The van der Waals surface area contributed by atoms with E-state index in [0.29, 0.717) is 64.6 Å². The summed E-state index contributed by atoms with van der Waals surface area (Å²) in [4.78, 5) is 175. The van der Waals surface area contributed by atoms with Crippen molar-refractivity contribution < 1.29 is 112 Å². The number of imide groups is 1. The fourth-order valence-corrected chi connectivity index (χ4v) is 12.6. The second-order valence-corrected chi connectivity index (χ2v) is 24.8. The van der Waals surface area contributed by atoms with Crippen LogP contribution >= 0.6 is 0 Å². The number of esters is 1. The van der Waals surface area contributed by atoms with E-state index in [1.807, 2.05) is 0 Å². The van der Waals surface area contributed by atoms with Crippen molar-refractivity contribution in [2.24, 2.45) is 0 Å². The van der Waals surface area contributed by atoms with Crippen molar-refractivity contribution in [3.05, 3.63) is 110 Å². The van der Waals surface area contributed by atoms with Crippen molar-refractivity contribution in [3.63, 3.8) is 0 Å². The Labute approximate surface area is 572 Å². The number of halogens is 1. The number of nitrogens with one attached hydrogen (secondary N) is 9. The first-order chi connectivity index (χ1) is 48.3. The molecule has 11 amide bonds. The molecule has 3 unspecified atom stereocenters. The summed E-state index contributed by atoms with van der Waals surface area (Å²) in [7, 11) is 0. The Morgan fingerprint density at radius 3 is 2.09 bits per heavy atom. The smallest absolute Gasteiger partial charge is 0.340 e. The number of cyclic esters (lactones) is 1. The van der Waals surface area contributed by atoms with E-state index >= 15 is 4.39 Å². The Hall–Kier alpha value is -10.1. The molecule has 7 heterocycles. The predicted molar refractivity (Wildman–Crippen MR) is 339 cm³/mol. The summed E-state index contributed by atoms with van der Waals surface area (Å²) in [5.74, 6) is -10.1. The molecule has 6 aliphatic rings. The van der Waals surface area contributed by atoms with Crippen LogP contribution in [0, 0.1) is 12.7 Å². The number of aliphatic hydroxyl groups is 6. The molecule has 2 fully saturated rings. The monoisotopic (exact) mass is 1410 g/mol. The lowest BCUT2D eigenvalue weighted by Gasteiger charge is -2.29. The van der Waals surface area contributed by atoms with Gasteiger partial charge in [-0.1, -0.05) is 36.8 Å². The summed E-state index contributed by atoms with van der Waals surface area (Å²) in [5, 5.41) is 84.0. The van der Waals surface area contributed by atoms with Crippen LogP contribution in [0.25, 0.3) is 22.3 Å². The molecular formula is C65H75FN12O23. The zero-order chi connectivity index (χ0) is 72.5. The number of aliphatic hydroxyl groups excluding tert-OH is 6. The average Bonchev–Trinajstić information content (AvgIpc) is 1.62. The highest BCUT2D eigenvalue weighted by Crippen LogP contribution is 2.45. The van der Waals surface area contributed by atoms with Crippen LogP contribution in [0.5, 0.6) is 0 Å². The van der Waals surface area contributed by atoms with Gasteiger partial charge in [0.05, 0.1) is 61.3 Å². The van der Waals surface area contributed by atoms with Crippen LogP contribution in [0.15, 0.2) is 59.4 Å². The zero-order valence-corrected chi connectivity index (χ0v) is 54.2. The van der Waals surface area contributed by atoms with Crippen LogP contribution in [-0.2, 0) is 102 Å². The van der Waals surface area contributed by atoms with Gasteiger partial charge in [-0.15, -0.1) is 0 Å². The Balaban J connectivity index is 0.683. The van der Waals surface area contributed by atoms with E-state index in [-0.39, 0.29) is 61.3 Å². The number of amides is 11. The number of carbonyl (C=O) groups is 12. The summed E-state index contributed by atoms with van der Waals surface area (Å²) in [6, 6.07) is 7.68. The summed E-state index contributed by atoms with van der Waals surface area (Å²) in [6.07, 6.45) is -12.6. The SMILES string of the molecule is Cc1c(F)cc2nc3c(c4c2c1CC[C@@H]4NC(=O)COCNC(=O)CNC(=O)[C@H](Cc1ccccc1)NC(=O)CNC(=O)CNC(=O)[C@H](CCC(=O)NC1OC(C(=O)NC2O[C@H](CO)[C@@H](O)[C@H]2O)[C@@H](O)[C@H]1O)NC(=O)CCCCCN1C(=O)C=CC1=O)Cn1c-3cc2c(c1=O)COC(=O)[C@H]2O. The average molecular weight is 1410 g/mol. The number of benzene rings is 2. The summed E-state index contributed by atoms with van der Waals surface area (Å²) in [5.41, 5.74) is 3.38. The molecule has 0 radical (unpaired) electrons. The first-order valence-electron chi connectivity index (χ1n) is 32.4. The molecule has 101 heavy (non-hydrogen) atoms. The molecule has 0 saturated carbocycles. The molecule has 35 nitrogen and oxygen atoms in total. The lowest BCUT2D eigenvalue weighted by Crippen LogP contribution is -2.53. The first-order valence-corrected chi connectivity index (χ1v) is 32.4. The van der Waals surface area contributed by atoms with Crippen LogP contribution < -0.4 is 53.4 Å². The normalized spacial score (nSPS) is 22.8.